The predicted molar refractivity (Wildman–Crippen MR) is 63.9 cm³/mol. The van der Waals surface area contributed by atoms with Gasteiger partial charge < -0.3 is 15.5 Å². The van der Waals surface area contributed by atoms with Crippen LogP contribution >= 0.6 is 0 Å². The van der Waals surface area contributed by atoms with Gasteiger partial charge in [0.15, 0.2) is 0 Å². The number of hydrogen-bond donors (Lipinski definition) is 2. The molecule has 0 bridgehead atoms. The van der Waals surface area contributed by atoms with Crippen LogP contribution in [0.4, 0.5) is 0 Å². The topological polar surface area (TPSA) is 44.4 Å². The van der Waals surface area contributed by atoms with Crippen molar-refractivity contribution in [3.05, 3.63) is 0 Å². The van der Waals surface area contributed by atoms with Gasteiger partial charge in [-0.05, 0) is 26.6 Å². The molecule has 1 unspecified atom stereocenters. The van der Waals surface area contributed by atoms with E-state index < -0.39 is 0 Å². The number of carbonyl (C=O) groups excluding carboxylic acids is 1. The molecule has 0 fully saturated rings. The smallest absolute Gasteiger partial charge is 0.234 e. The molecule has 15 heavy (non-hydrogen) atoms. The molecule has 90 valence electrons. The van der Waals surface area contributed by atoms with Crippen molar-refractivity contribution in [3.63, 3.8) is 0 Å². The Morgan fingerprint density at radius 2 is 1.93 bits per heavy atom. The highest BCUT2D eigenvalue weighted by molar-refractivity contribution is 5.77. The molecule has 0 aliphatic heterocycles. The van der Waals surface area contributed by atoms with E-state index >= 15 is 0 Å². The van der Waals surface area contributed by atoms with Gasteiger partial charge in [-0.3, -0.25) is 4.79 Å². The molecule has 4 nitrogen and oxygen atoms in total. The molecule has 0 heterocycles. The molecule has 0 saturated heterocycles. The highest BCUT2D eigenvalue weighted by Gasteiger charge is 2.16. The zero-order valence-corrected chi connectivity index (χ0v) is 10.6. The molecule has 0 aromatic rings. The van der Waals surface area contributed by atoms with Crippen molar-refractivity contribution in [1.82, 2.24) is 15.5 Å². The number of rotatable bonds is 7. The van der Waals surface area contributed by atoms with E-state index in [0.29, 0.717) is 18.5 Å². The van der Waals surface area contributed by atoms with Gasteiger partial charge in [-0.25, -0.2) is 0 Å². The number of likely N-dealkylation sites (N-methyl/N-ethyl adjacent to an activating group) is 2. The summed E-state index contributed by atoms with van der Waals surface area (Å²) in [6.45, 7) is 8.28. The van der Waals surface area contributed by atoms with Crippen molar-refractivity contribution in [2.45, 2.75) is 26.8 Å². The summed E-state index contributed by atoms with van der Waals surface area (Å²) in [5.74, 6) is 0.615. The van der Waals surface area contributed by atoms with Gasteiger partial charge in [-0.15, -0.1) is 0 Å². The molecule has 4 heteroatoms. The summed E-state index contributed by atoms with van der Waals surface area (Å²) in [7, 11) is 4.09. The number of hydrogen-bond acceptors (Lipinski definition) is 3. The number of nitrogens with one attached hydrogen (secondary N) is 2. The quantitative estimate of drug-likeness (QED) is 0.642. The van der Waals surface area contributed by atoms with Crippen LogP contribution in [0.3, 0.4) is 0 Å². The number of carbonyl (C=O) groups is 1. The van der Waals surface area contributed by atoms with Crippen molar-refractivity contribution in [1.29, 1.82) is 0 Å². The fourth-order valence-electron chi connectivity index (χ4n) is 1.53. The molecule has 0 aliphatic rings. The highest BCUT2D eigenvalue weighted by atomic mass is 16.1. The van der Waals surface area contributed by atoms with Crippen LogP contribution in [0.15, 0.2) is 0 Å². The van der Waals surface area contributed by atoms with Crippen molar-refractivity contribution in [2.75, 3.05) is 33.7 Å². The van der Waals surface area contributed by atoms with Crippen LogP contribution in [-0.2, 0) is 4.79 Å². The van der Waals surface area contributed by atoms with Crippen LogP contribution in [0, 0.1) is 5.92 Å². The molecule has 0 saturated carbocycles. The summed E-state index contributed by atoms with van der Waals surface area (Å²) in [6, 6.07) is 0.399. The van der Waals surface area contributed by atoms with Gasteiger partial charge in [-0.2, -0.15) is 0 Å². The standard InChI is InChI=1S/C11H25N3O/c1-6-12-8-11(15)13-7-10(9(2)3)14(4)5/h9-10,12H,6-8H2,1-5H3,(H,13,15). The van der Waals surface area contributed by atoms with Crippen LogP contribution in [-0.4, -0.2) is 50.6 Å². The number of amides is 1. The first-order chi connectivity index (χ1) is 6.99. The molecule has 2 N–H and O–H groups in total. The van der Waals surface area contributed by atoms with E-state index in [1.807, 2.05) is 21.0 Å². The zero-order chi connectivity index (χ0) is 11.8. The van der Waals surface area contributed by atoms with Gasteiger partial charge in [0.2, 0.25) is 5.91 Å². The molecule has 0 rings (SSSR count). The molecule has 0 radical (unpaired) electrons. The Bertz CT molecular complexity index is 173. The van der Waals surface area contributed by atoms with E-state index in [9.17, 15) is 4.79 Å². The lowest BCUT2D eigenvalue weighted by Crippen LogP contribution is -2.45. The van der Waals surface area contributed by atoms with Crippen LogP contribution < -0.4 is 10.6 Å². The van der Waals surface area contributed by atoms with E-state index in [4.69, 9.17) is 0 Å². The molecule has 0 aliphatic carbocycles. The monoisotopic (exact) mass is 215 g/mol. The normalized spacial score (nSPS) is 13.3. The first-order valence-corrected chi connectivity index (χ1v) is 5.62. The fraction of sp³-hybridized carbons (Fsp3) is 0.909. The van der Waals surface area contributed by atoms with Crippen molar-refractivity contribution in [3.8, 4) is 0 Å². The van der Waals surface area contributed by atoms with Gasteiger partial charge >= 0.3 is 0 Å². The maximum atomic E-state index is 11.4. The maximum Gasteiger partial charge on any atom is 0.234 e. The van der Waals surface area contributed by atoms with Gasteiger partial charge in [0.25, 0.3) is 0 Å². The largest absolute Gasteiger partial charge is 0.353 e. The third-order valence-corrected chi connectivity index (χ3v) is 2.48. The van der Waals surface area contributed by atoms with E-state index in [0.717, 1.165) is 13.1 Å². The Labute approximate surface area is 93.4 Å². The van der Waals surface area contributed by atoms with Gasteiger partial charge in [0.05, 0.1) is 6.54 Å². The Hall–Kier alpha value is -0.610. The average molecular weight is 215 g/mol. The third kappa shape index (κ3) is 6.47. The Kier molecular flexibility index (Phi) is 7.34. The molecular weight excluding hydrogens is 190 g/mol. The fourth-order valence-corrected chi connectivity index (χ4v) is 1.53. The summed E-state index contributed by atoms with van der Waals surface area (Å²) in [5.41, 5.74) is 0. The van der Waals surface area contributed by atoms with Crippen molar-refractivity contribution in [2.24, 2.45) is 5.92 Å². The Morgan fingerprint density at radius 1 is 1.33 bits per heavy atom. The van der Waals surface area contributed by atoms with Crippen LogP contribution in [0.25, 0.3) is 0 Å². The van der Waals surface area contributed by atoms with Gasteiger partial charge in [0, 0.05) is 12.6 Å². The highest BCUT2D eigenvalue weighted by Crippen LogP contribution is 2.05. The lowest BCUT2D eigenvalue weighted by Gasteiger charge is -2.28. The minimum Gasteiger partial charge on any atom is -0.353 e. The van der Waals surface area contributed by atoms with Crippen molar-refractivity contribution >= 4 is 5.91 Å². The minimum atomic E-state index is 0.0735. The number of nitrogens with zero attached hydrogens (tertiary/aromatic N) is 1. The summed E-state index contributed by atoms with van der Waals surface area (Å²) in [6.07, 6.45) is 0. The first-order valence-electron chi connectivity index (χ1n) is 5.62. The lowest BCUT2D eigenvalue weighted by atomic mass is 10.0. The van der Waals surface area contributed by atoms with Crippen LogP contribution in [0.2, 0.25) is 0 Å². The lowest BCUT2D eigenvalue weighted by molar-refractivity contribution is -0.120. The molecule has 0 spiro atoms. The minimum absolute atomic E-state index is 0.0735. The average Bonchev–Trinajstić information content (AvgIpc) is 2.13. The second-order valence-corrected chi connectivity index (χ2v) is 4.36. The molecule has 1 amide bonds. The van der Waals surface area contributed by atoms with Gasteiger partial charge in [-0.1, -0.05) is 20.8 Å². The molecule has 0 aromatic carbocycles. The molecule has 1 atom stereocenters. The van der Waals surface area contributed by atoms with E-state index in [-0.39, 0.29) is 5.91 Å². The summed E-state index contributed by atoms with van der Waals surface area (Å²) in [4.78, 5) is 13.5. The summed E-state index contributed by atoms with van der Waals surface area (Å²) in [5, 5.41) is 5.94. The molecule has 0 aromatic heterocycles. The Morgan fingerprint density at radius 3 is 2.33 bits per heavy atom. The Balaban J connectivity index is 3.84. The zero-order valence-electron chi connectivity index (χ0n) is 10.6. The third-order valence-electron chi connectivity index (χ3n) is 2.48. The second kappa shape index (κ2) is 7.65. The van der Waals surface area contributed by atoms with Crippen LogP contribution in [0.1, 0.15) is 20.8 Å². The second-order valence-electron chi connectivity index (χ2n) is 4.36. The first kappa shape index (κ1) is 14.4. The van der Waals surface area contributed by atoms with Crippen LogP contribution in [0.5, 0.6) is 0 Å². The SMILES string of the molecule is CCNCC(=O)NCC(C(C)C)N(C)C. The predicted octanol–water partition coefficient (Wildman–Crippen LogP) is 0.298. The molecular formula is C11H25N3O. The van der Waals surface area contributed by atoms with E-state index in [2.05, 4.69) is 29.4 Å². The van der Waals surface area contributed by atoms with Gasteiger partial charge in [0.1, 0.15) is 0 Å². The van der Waals surface area contributed by atoms with E-state index in [1.165, 1.54) is 0 Å². The van der Waals surface area contributed by atoms with E-state index in [1.54, 1.807) is 0 Å². The van der Waals surface area contributed by atoms with Crippen molar-refractivity contribution < 1.29 is 4.79 Å². The summed E-state index contributed by atoms with van der Waals surface area (Å²) >= 11 is 0. The maximum absolute atomic E-state index is 11.4. The summed E-state index contributed by atoms with van der Waals surface area (Å²) < 4.78 is 0.